The largest absolute Gasteiger partial charge is 0.325 e. The topological polar surface area (TPSA) is 56.1 Å². The zero-order valence-electron chi connectivity index (χ0n) is 14.0. The summed E-state index contributed by atoms with van der Waals surface area (Å²) in [4.78, 5) is 14.5. The van der Waals surface area contributed by atoms with Crippen molar-refractivity contribution in [2.24, 2.45) is 0 Å². The molecule has 1 aromatic carbocycles. The van der Waals surface area contributed by atoms with Crippen LogP contribution in [0.5, 0.6) is 0 Å². The molecule has 2 heterocycles. The molecule has 1 N–H and O–H groups in total. The highest BCUT2D eigenvalue weighted by atomic mass is 16.2. The fourth-order valence-corrected chi connectivity index (χ4v) is 4.14. The lowest BCUT2D eigenvalue weighted by Crippen LogP contribution is -2.45. The van der Waals surface area contributed by atoms with Crippen LogP contribution < -0.4 is 5.32 Å². The number of amides is 1. The Bertz CT molecular complexity index is 634. The number of nitrogens with one attached hydrogen (secondary N) is 1. The summed E-state index contributed by atoms with van der Waals surface area (Å²) in [6.45, 7) is 5.92. The van der Waals surface area contributed by atoms with E-state index < -0.39 is 0 Å². The van der Waals surface area contributed by atoms with E-state index in [1.54, 1.807) is 4.90 Å². The van der Waals surface area contributed by atoms with Gasteiger partial charge in [-0.05, 0) is 55.2 Å². The Labute approximate surface area is 138 Å². The van der Waals surface area contributed by atoms with Crippen molar-refractivity contribution in [1.82, 2.24) is 10.2 Å². The summed E-state index contributed by atoms with van der Waals surface area (Å²) in [7, 11) is 0. The molecule has 0 bridgehead atoms. The second-order valence-corrected chi connectivity index (χ2v) is 6.71. The Balaban J connectivity index is 1.74. The van der Waals surface area contributed by atoms with Crippen LogP contribution >= 0.6 is 0 Å². The molecule has 0 saturated carbocycles. The second kappa shape index (κ2) is 6.72. The van der Waals surface area contributed by atoms with Gasteiger partial charge in [0.2, 0.25) is 5.91 Å². The van der Waals surface area contributed by atoms with Crippen LogP contribution in [0.25, 0.3) is 0 Å². The minimum atomic E-state index is -0.229. The number of likely N-dealkylation sites (tertiary alicyclic amines) is 1. The van der Waals surface area contributed by atoms with Crippen molar-refractivity contribution in [2.75, 3.05) is 13.1 Å². The van der Waals surface area contributed by atoms with Gasteiger partial charge in [0.1, 0.15) is 6.04 Å². The number of nitrogens with zero attached hydrogens (tertiary/aromatic N) is 2. The molecule has 0 spiro atoms. The third kappa shape index (κ3) is 2.98. The Morgan fingerprint density at radius 2 is 2.30 bits per heavy atom. The highest BCUT2D eigenvalue weighted by molar-refractivity contribution is 5.83. The molecule has 2 saturated heterocycles. The monoisotopic (exact) mass is 311 g/mol. The van der Waals surface area contributed by atoms with E-state index in [4.69, 9.17) is 0 Å². The van der Waals surface area contributed by atoms with Crippen molar-refractivity contribution < 1.29 is 4.79 Å². The van der Waals surface area contributed by atoms with Gasteiger partial charge in [-0.3, -0.25) is 4.79 Å². The van der Waals surface area contributed by atoms with Crippen molar-refractivity contribution in [3.05, 3.63) is 34.9 Å². The first-order valence-corrected chi connectivity index (χ1v) is 8.67. The van der Waals surface area contributed by atoms with E-state index in [2.05, 4.69) is 43.4 Å². The van der Waals surface area contributed by atoms with E-state index in [1.165, 1.54) is 16.7 Å². The molecular weight excluding hydrogens is 286 g/mol. The van der Waals surface area contributed by atoms with Gasteiger partial charge in [0.25, 0.3) is 0 Å². The minimum absolute atomic E-state index is 0.114. The first kappa shape index (κ1) is 16.0. The van der Waals surface area contributed by atoms with Crippen LogP contribution in [0.15, 0.2) is 18.2 Å². The third-order valence-corrected chi connectivity index (χ3v) is 5.32. The fraction of sp³-hybridized carbons (Fsp3) is 0.579. The number of carbonyl (C=O) groups excluding carboxylic acids is 1. The molecule has 3 rings (SSSR count). The maximum absolute atomic E-state index is 12.7. The van der Waals surface area contributed by atoms with Gasteiger partial charge in [-0.15, -0.1) is 0 Å². The molecule has 1 aromatic rings. The Kier molecular flexibility index (Phi) is 4.68. The van der Waals surface area contributed by atoms with E-state index >= 15 is 0 Å². The molecule has 3 atom stereocenters. The number of nitriles is 1. The van der Waals surface area contributed by atoms with Gasteiger partial charge in [-0.1, -0.05) is 25.1 Å². The quantitative estimate of drug-likeness (QED) is 0.933. The number of aryl methyl sites for hydroxylation is 2. The van der Waals surface area contributed by atoms with Crippen LogP contribution in [-0.4, -0.2) is 36.0 Å². The third-order valence-electron chi connectivity index (χ3n) is 5.32. The van der Waals surface area contributed by atoms with Crippen LogP contribution in [0.1, 0.15) is 48.8 Å². The molecule has 23 heavy (non-hydrogen) atoms. The lowest BCUT2D eigenvalue weighted by molar-refractivity contribution is -0.133. The molecule has 0 unspecified atom stereocenters. The van der Waals surface area contributed by atoms with Gasteiger partial charge in [0.15, 0.2) is 0 Å². The van der Waals surface area contributed by atoms with Crippen molar-refractivity contribution in [2.45, 2.75) is 57.5 Å². The van der Waals surface area contributed by atoms with E-state index in [1.807, 2.05) is 0 Å². The smallest absolute Gasteiger partial charge is 0.240 e. The highest BCUT2D eigenvalue weighted by Crippen LogP contribution is 2.32. The fourth-order valence-electron chi connectivity index (χ4n) is 4.14. The minimum Gasteiger partial charge on any atom is -0.325 e. The zero-order chi connectivity index (χ0) is 16.4. The van der Waals surface area contributed by atoms with Gasteiger partial charge in [-0.25, -0.2) is 0 Å². The Morgan fingerprint density at radius 3 is 3.04 bits per heavy atom. The standard InChI is InChI=1S/C19H25N3O/c1-3-14-7-4-6-13(2)18(14)15-10-17(21-12-15)19(23)22-9-5-8-16(22)11-20/h4,6-7,15-17,21H,3,5,8-10,12H2,1-2H3/t15-,16-,17-/m0/s1. The molecule has 0 aliphatic carbocycles. The van der Waals surface area contributed by atoms with Crippen molar-refractivity contribution >= 4 is 5.91 Å². The maximum Gasteiger partial charge on any atom is 0.240 e. The molecule has 0 radical (unpaired) electrons. The lowest BCUT2D eigenvalue weighted by Gasteiger charge is -2.23. The summed E-state index contributed by atoms with van der Waals surface area (Å²) in [6.07, 6.45) is 3.62. The Morgan fingerprint density at radius 1 is 1.48 bits per heavy atom. The van der Waals surface area contributed by atoms with Crippen molar-refractivity contribution in [3.8, 4) is 6.07 Å². The molecule has 122 valence electrons. The lowest BCUT2D eigenvalue weighted by atomic mass is 9.87. The molecular formula is C19H25N3O. The molecule has 2 aliphatic heterocycles. The SMILES string of the molecule is CCc1cccc(C)c1[C@@H]1CN[C@H](C(=O)N2CCC[C@H]2C#N)C1. The first-order valence-electron chi connectivity index (χ1n) is 8.67. The van der Waals surface area contributed by atoms with Crippen LogP contribution in [0, 0.1) is 18.3 Å². The van der Waals surface area contributed by atoms with Crippen molar-refractivity contribution in [3.63, 3.8) is 0 Å². The van der Waals surface area contributed by atoms with Gasteiger partial charge in [0.05, 0.1) is 12.1 Å². The first-order chi connectivity index (χ1) is 11.2. The van der Waals surface area contributed by atoms with Crippen LogP contribution in [0.4, 0.5) is 0 Å². The number of rotatable bonds is 3. The average molecular weight is 311 g/mol. The normalized spacial score (nSPS) is 27.2. The van der Waals surface area contributed by atoms with E-state index in [9.17, 15) is 10.1 Å². The molecule has 4 nitrogen and oxygen atoms in total. The number of hydrogen-bond donors (Lipinski definition) is 1. The zero-order valence-corrected chi connectivity index (χ0v) is 14.0. The van der Waals surface area contributed by atoms with Crippen LogP contribution in [0.3, 0.4) is 0 Å². The van der Waals surface area contributed by atoms with E-state index in [-0.39, 0.29) is 18.0 Å². The molecule has 2 aliphatic rings. The van der Waals surface area contributed by atoms with Gasteiger partial charge in [0, 0.05) is 13.1 Å². The second-order valence-electron chi connectivity index (χ2n) is 6.71. The predicted octanol–water partition coefficient (Wildman–Crippen LogP) is 2.52. The summed E-state index contributed by atoms with van der Waals surface area (Å²) < 4.78 is 0. The predicted molar refractivity (Wildman–Crippen MR) is 90.1 cm³/mol. The van der Waals surface area contributed by atoms with Crippen LogP contribution in [0.2, 0.25) is 0 Å². The van der Waals surface area contributed by atoms with Gasteiger partial charge >= 0.3 is 0 Å². The van der Waals surface area contributed by atoms with Crippen LogP contribution in [-0.2, 0) is 11.2 Å². The van der Waals surface area contributed by atoms with Gasteiger partial charge in [-0.2, -0.15) is 5.26 Å². The summed E-state index contributed by atoms with van der Waals surface area (Å²) in [5, 5.41) is 12.6. The number of carbonyl (C=O) groups is 1. The average Bonchev–Trinajstić information content (AvgIpc) is 3.22. The maximum atomic E-state index is 12.7. The molecule has 1 amide bonds. The molecule has 2 fully saturated rings. The summed E-state index contributed by atoms with van der Waals surface area (Å²) in [5.41, 5.74) is 4.12. The highest BCUT2D eigenvalue weighted by Gasteiger charge is 2.37. The number of hydrogen-bond acceptors (Lipinski definition) is 3. The van der Waals surface area contributed by atoms with E-state index in [0.717, 1.165) is 38.8 Å². The summed E-state index contributed by atoms with van der Waals surface area (Å²) in [6, 6.07) is 8.37. The summed E-state index contributed by atoms with van der Waals surface area (Å²) >= 11 is 0. The van der Waals surface area contributed by atoms with Gasteiger partial charge < -0.3 is 10.2 Å². The Hall–Kier alpha value is -1.86. The number of benzene rings is 1. The van der Waals surface area contributed by atoms with Crippen molar-refractivity contribution in [1.29, 1.82) is 5.26 Å². The summed E-state index contributed by atoms with van der Waals surface area (Å²) in [5.74, 6) is 0.506. The molecule has 4 heteroatoms. The molecule has 0 aromatic heterocycles. The van der Waals surface area contributed by atoms with E-state index in [0.29, 0.717) is 5.92 Å².